The third-order valence-electron chi connectivity index (χ3n) is 6.18. The Morgan fingerprint density at radius 1 is 0.971 bits per heavy atom. The fraction of sp³-hybridized carbons (Fsp3) is 0.259. The van der Waals surface area contributed by atoms with Crippen LogP contribution in [-0.4, -0.2) is 48.6 Å². The molecule has 2 unspecified atom stereocenters. The molecule has 0 heterocycles. The topological polar surface area (TPSA) is 105 Å². The summed E-state index contributed by atoms with van der Waals surface area (Å²) in [6, 6.07) is 20.8. The Morgan fingerprint density at radius 2 is 1.59 bits per heavy atom. The quantitative estimate of drug-likeness (QED) is 0.463. The first-order valence-electron chi connectivity index (χ1n) is 11.0. The minimum atomic E-state index is -1.31. The standard InChI is InChI=1S/C27H27NO6/c1-16-11-12-17(26(31)33-2)13-22(16)25(30)24(29)14-28-27(32)34-15-23-20-9-5-3-7-18(20)19-8-4-6-10-21(19)23/h3-13,23-25,29-30H,14-15H2,1-2H3,(H,28,32). The number of hydrogen-bond donors (Lipinski definition) is 3. The molecule has 0 aromatic heterocycles. The number of aryl methyl sites for hydroxylation is 1. The lowest BCUT2D eigenvalue weighted by Gasteiger charge is -2.21. The number of amides is 1. The summed E-state index contributed by atoms with van der Waals surface area (Å²) in [6.07, 6.45) is -3.29. The summed E-state index contributed by atoms with van der Waals surface area (Å²) in [5.74, 6) is -0.614. The predicted octanol–water partition coefficient (Wildman–Crippen LogP) is 3.71. The number of esters is 1. The van der Waals surface area contributed by atoms with Crippen LogP contribution in [-0.2, 0) is 9.47 Å². The van der Waals surface area contributed by atoms with E-state index in [0.717, 1.165) is 22.3 Å². The van der Waals surface area contributed by atoms with Gasteiger partial charge in [-0.05, 0) is 52.4 Å². The largest absolute Gasteiger partial charge is 0.465 e. The third kappa shape index (κ3) is 4.66. The van der Waals surface area contributed by atoms with Crippen molar-refractivity contribution in [2.45, 2.75) is 25.0 Å². The first-order valence-corrected chi connectivity index (χ1v) is 11.0. The second kappa shape index (κ2) is 10.1. The Kier molecular flexibility index (Phi) is 6.95. The number of methoxy groups -OCH3 is 1. The van der Waals surface area contributed by atoms with Crippen molar-refractivity contribution in [1.29, 1.82) is 0 Å². The normalized spacial score (nSPS) is 14.0. The lowest BCUT2D eigenvalue weighted by Crippen LogP contribution is -2.36. The lowest BCUT2D eigenvalue weighted by molar-refractivity contribution is 0.0181. The molecule has 0 saturated heterocycles. The average Bonchev–Trinajstić information content (AvgIpc) is 3.19. The molecule has 0 spiro atoms. The van der Waals surface area contributed by atoms with E-state index in [4.69, 9.17) is 9.47 Å². The summed E-state index contributed by atoms with van der Waals surface area (Å²) in [5, 5.41) is 23.5. The molecule has 0 saturated carbocycles. The van der Waals surface area contributed by atoms with Gasteiger partial charge in [-0.2, -0.15) is 0 Å². The minimum Gasteiger partial charge on any atom is -0.465 e. The molecule has 3 aromatic rings. The van der Waals surface area contributed by atoms with Crippen molar-refractivity contribution >= 4 is 12.1 Å². The Hall–Kier alpha value is -3.68. The molecule has 1 aliphatic carbocycles. The lowest BCUT2D eigenvalue weighted by atomic mass is 9.97. The van der Waals surface area contributed by atoms with Gasteiger partial charge in [0.15, 0.2) is 0 Å². The maximum absolute atomic E-state index is 12.3. The number of aliphatic hydroxyl groups excluding tert-OH is 2. The highest BCUT2D eigenvalue weighted by atomic mass is 16.5. The Bertz CT molecular complexity index is 1160. The molecule has 1 aliphatic rings. The van der Waals surface area contributed by atoms with Gasteiger partial charge < -0.3 is 25.0 Å². The number of benzene rings is 3. The van der Waals surface area contributed by atoms with E-state index in [9.17, 15) is 19.8 Å². The van der Waals surface area contributed by atoms with Crippen molar-refractivity contribution in [3.05, 3.63) is 94.5 Å². The maximum atomic E-state index is 12.3. The summed E-state index contributed by atoms with van der Waals surface area (Å²) >= 11 is 0. The van der Waals surface area contributed by atoms with Crippen LogP contribution in [0.15, 0.2) is 66.7 Å². The van der Waals surface area contributed by atoms with Gasteiger partial charge >= 0.3 is 12.1 Å². The highest BCUT2D eigenvalue weighted by Crippen LogP contribution is 2.44. The molecule has 7 heteroatoms. The van der Waals surface area contributed by atoms with Crippen LogP contribution in [0, 0.1) is 6.92 Å². The number of rotatable bonds is 7. The van der Waals surface area contributed by atoms with Crippen LogP contribution in [0.5, 0.6) is 0 Å². The third-order valence-corrected chi connectivity index (χ3v) is 6.18. The zero-order valence-corrected chi connectivity index (χ0v) is 19.0. The molecular formula is C27H27NO6. The van der Waals surface area contributed by atoms with Gasteiger partial charge in [0.1, 0.15) is 18.8 Å². The molecule has 1 amide bonds. The van der Waals surface area contributed by atoms with Crippen molar-refractivity contribution in [3.63, 3.8) is 0 Å². The van der Waals surface area contributed by atoms with E-state index in [-0.39, 0.29) is 24.6 Å². The number of aliphatic hydroxyl groups is 2. The van der Waals surface area contributed by atoms with Crippen molar-refractivity contribution < 1.29 is 29.3 Å². The van der Waals surface area contributed by atoms with Gasteiger partial charge in [-0.3, -0.25) is 0 Å². The number of fused-ring (bicyclic) bond motifs is 3. The highest BCUT2D eigenvalue weighted by Gasteiger charge is 2.29. The van der Waals surface area contributed by atoms with Gasteiger partial charge in [0.2, 0.25) is 0 Å². The molecule has 4 rings (SSSR count). The van der Waals surface area contributed by atoms with Crippen molar-refractivity contribution in [1.82, 2.24) is 5.32 Å². The molecular weight excluding hydrogens is 434 g/mol. The fourth-order valence-corrected chi connectivity index (χ4v) is 4.36. The molecule has 0 aliphatic heterocycles. The van der Waals surface area contributed by atoms with E-state index in [2.05, 4.69) is 17.4 Å². The monoisotopic (exact) mass is 461 g/mol. The second-order valence-electron chi connectivity index (χ2n) is 8.28. The van der Waals surface area contributed by atoms with E-state index < -0.39 is 24.3 Å². The van der Waals surface area contributed by atoms with Crippen LogP contribution in [0.1, 0.15) is 44.6 Å². The van der Waals surface area contributed by atoms with Gasteiger partial charge in [-0.25, -0.2) is 9.59 Å². The summed E-state index contributed by atoms with van der Waals surface area (Å²) in [7, 11) is 1.27. The van der Waals surface area contributed by atoms with Gasteiger partial charge in [0, 0.05) is 12.5 Å². The van der Waals surface area contributed by atoms with Crippen LogP contribution in [0.4, 0.5) is 4.79 Å². The van der Waals surface area contributed by atoms with E-state index in [1.165, 1.54) is 13.2 Å². The Balaban J connectivity index is 1.36. The second-order valence-corrected chi connectivity index (χ2v) is 8.28. The number of carbonyl (C=O) groups excluding carboxylic acids is 2. The first-order chi connectivity index (χ1) is 16.4. The van der Waals surface area contributed by atoms with Crippen LogP contribution in [0.3, 0.4) is 0 Å². The fourth-order valence-electron chi connectivity index (χ4n) is 4.36. The summed E-state index contributed by atoms with van der Waals surface area (Å²) in [6.45, 7) is 1.68. The molecule has 3 aromatic carbocycles. The van der Waals surface area contributed by atoms with Crippen LogP contribution in [0.25, 0.3) is 11.1 Å². The summed E-state index contributed by atoms with van der Waals surface area (Å²) in [4.78, 5) is 24.1. The molecule has 176 valence electrons. The van der Waals surface area contributed by atoms with Gasteiger partial charge in [0.25, 0.3) is 0 Å². The molecule has 3 N–H and O–H groups in total. The Morgan fingerprint density at radius 3 is 2.21 bits per heavy atom. The van der Waals surface area contributed by atoms with E-state index in [1.54, 1.807) is 19.1 Å². The number of nitrogens with one attached hydrogen (secondary N) is 1. The summed E-state index contributed by atoms with van der Waals surface area (Å²) < 4.78 is 10.2. The van der Waals surface area contributed by atoms with Gasteiger partial charge in [0.05, 0.1) is 12.7 Å². The number of hydrogen-bond acceptors (Lipinski definition) is 6. The van der Waals surface area contributed by atoms with Crippen LogP contribution < -0.4 is 5.32 Å². The molecule has 7 nitrogen and oxygen atoms in total. The zero-order chi connectivity index (χ0) is 24.2. The van der Waals surface area contributed by atoms with Gasteiger partial charge in [-0.1, -0.05) is 54.6 Å². The number of alkyl carbamates (subject to hydrolysis) is 1. The number of carbonyl (C=O) groups is 2. The average molecular weight is 462 g/mol. The molecule has 0 radical (unpaired) electrons. The van der Waals surface area contributed by atoms with Gasteiger partial charge in [-0.15, -0.1) is 0 Å². The summed E-state index contributed by atoms with van der Waals surface area (Å²) in [5.41, 5.74) is 5.81. The first kappa shape index (κ1) is 23.5. The number of ether oxygens (including phenoxy) is 2. The Labute approximate surface area is 198 Å². The highest BCUT2D eigenvalue weighted by molar-refractivity contribution is 5.89. The molecule has 34 heavy (non-hydrogen) atoms. The van der Waals surface area contributed by atoms with E-state index in [1.807, 2.05) is 36.4 Å². The predicted molar refractivity (Wildman–Crippen MR) is 127 cm³/mol. The SMILES string of the molecule is COC(=O)c1ccc(C)c(C(O)C(O)CNC(=O)OCC2c3ccccc3-c3ccccc32)c1. The van der Waals surface area contributed by atoms with E-state index in [0.29, 0.717) is 11.1 Å². The van der Waals surface area contributed by atoms with Crippen LogP contribution >= 0.6 is 0 Å². The minimum absolute atomic E-state index is 0.0719. The zero-order valence-electron chi connectivity index (χ0n) is 19.0. The van der Waals surface area contributed by atoms with Crippen LogP contribution in [0.2, 0.25) is 0 Å². The smallest absolute Gasteiger partial charge is 0.407 e. The van der Waals surface area contributed by atoms with Crippen molar-refractivity contribution in [2.24, 2.45) is 0 Å². The van der Waals surface area contributed by atoms with Crippen molar-refractivity contribution in [2.75, 3.05) is 20.3 Å². The molecule has 0 bridgehead atoms. The van der Waals surface area contributed by atoms with Crippen molar-refractivity contribution in [3.8, 4) is 11.1 Å². The maximum Gasteiger partial charge on any atom is 0.407 e. The molecule has 0 fully saturated rings. The molecule has 2 atom stereocenters. The van der Waals surface area contributed by atoms with E-state index >= 15 is 0 Å².